The van der Waals surface area contributed by atoms with Crippen LogP contribution in [0.1, 0.15) is 59.2 Å². The summed E-state index contributed by atoms with van der Waals surface area (Å²) in [4.78, 5) is 15.8. The van der Waals surface area contributed by atoms with Crippen molar-refractivity contribution >= 4 is 5.97 Å². The largest absolute Gasteiger partial charge is 0.480 e. The topological polar surface area (TPSA) is 67.2 Å². The second kappa shape index (κ2) is 8.17. The molecule has 1 rings (SSSR count). The summed E-state index contributed by atoms with van der Waals surface area (Å²) in [5.41, 5.74) is -0.838. The van der Waals surface area contributed by atoms with Crippen molar-refractivity contribution in [2.45, 2.75) is 77.9 Å². The maximum atomic E-state index is 11.4. The minimum atomic E-state index is -0.838. The van der Waals surface area contributed by atoms with Gasteiger partial charge >= 0.3 is 5.97 Å². The number of aromatic nitrogens is 2. The Morgan fingerprint density at radius 1 is 1.48 bits per heavy atom. The van der Waals surface area contributed by atoms with E-state index in [2.05, 4.69) is 21.8 Å². The van der Waals surface area contributed by atoms with Gasteiger partial charge in [-0.05, 0) is 46.5 Å². The number of carboxylic acid groups (broad SMARTS) is 1. The van der Waals surface area contributed by atoms with Crippen LogP contribution in [0.3, 0.4) is 0 Å². The number of carboxylic acids is 1. The molecule has 0 saturated heterocycles. The standard InChI is InChI=1S/C16H29N3O2/c1-5-8-14-17-10-12-19(14)11-7-6-9-16(4,15(20)21)18-13(2)3/h10,12-13,18H,5-9,11H2,1-4H3,(H,20,21). The third-order valence-corrected chi connectivity index (χ3v) is 3.68. The molecule has 120 valence electrons. The molecule has 1 aromatic rings. The molecule has 0 saturated carbocycles. The van der Waals surface area contributed by atoms with Gasteiger partial charge in [0, 0.05) is 31.4 Å². The smallest absolute Gasteiger partial charge is 0.323 e. The van der Waals surface area contributed by atoms with Gasteiger partial charge in [-0.15, -0.1) is 0 Å². The van der Waals surface area contributed by atoms with Crippen LogP contribution >= 0.6 is 0 Å². The maximum absolute atomic E-state index is 11.4. The Bertz CT molecular complexity index is 442. The monoisotopic (exact) mass is 295 g/mol. The lowest BCUT2D eigenvalue weighted by atomic mass is 9.94. The molecule has 1 heterocycles. The van der Waals surface area contributed by atoms with Crippen molar-refractivity contribution in [2.24, 2.45) is 0 Å². The van der Waals surface area contributed by atoms with E-state index in [1.54, 1.807) is 6.92 Å². The molecular formula is C16H29N3O2. The highest BCUT2D eigenvalue weighted by atomic mass is 16.4. The first-order valence-electron chi connectivity index (χ1n) is 7.90. The molecule has 0 aliphatic carbocycles. The molecule has 0 bridgehead atoms. The summed E-state index contributed by atoms with van der Waals surface area (Å²) in [6, 6.07) is 0.163. The minimum absolute atomic E-state index is 0.163. The Hall–Kier alpha value is -1.36. The number of imidazole rings is 1. The number of aliphatic carboxylic acids is 1. The number of unbranched alkanes of at least 4 members (excludes halogenated alkanes) is 1. The maximum Gasteiger partial charge on any atom is 0.323 e. The lowest BCUT2D eigenvalue weighted by Gasteiger charge is -2.28. The van der Waals surface area contributed by atoms with E-state index in [4.69, 9.17) is 0 Å². The molecule has 1 unspecified atom stereocenters. The zero-order valence-corrected chi connectivity index (χ0v) is 13.7. The predicted molar refractivity (Wildman–Crippen MR) is 84.4 cm³/mol. The molecular weight excluding hydrogens is 266 g/mol. The molecule has 0 aliphatic rings. The first kappa shape index (κ1) is 17.7. The van der Waals surface area contributed by atoms with Gasteiger partial charge in [0.15, 0.2) is 0 Å². The average molecular weight is 295 g/mol. The zero-order chi connectivity index (χ0) is 15.9. The fourth-order valence-electron chi connectivity index (χ4n) is 2.63. The molecule has 2 N–H and O–H groups in total. The lowest BCUT2D eigenvalue weighted by Crippen LogP contribution is -2.52. The highest BCUT2D eigenvalue weighted by molar-refractivity contribution is 5.78. The molecule has 5 heteroatoms. The summed E-state index contributed by atoms with van der Waals surface area (Å²) in [6.45, 7) is 8.78. The van der Waals surface area contributed by atoms with Crippen LogP contribution in [0.5, 0.6) is 0 Å². The van der Waals surface area contributed by atoms with Crippen LogP contribution in [0.4, 0.5) is 0 Å². The summed E-state index contributed by atoms with van der Waals surface area (Å²) in [7, 11) is 0. The van der Waals surface area contributed by atoms with Crippen molar-refractivity contribution in [1.29, 1.82) is 0 Å². The van der Waals surface area contributed by atoms with Crippen LogP contribution in [0, 0.1) is 0 Å². The van der Waals surface area contributed by atoms with Gasteiger partial charge in [-0.1, -0.05) is 6.92 Å². The summed E-state index contributed by atoms with van der Waals surface area (Å²) < 4.78 is 2.18. The van der Waals surface area contributed by atoms with Crippen LogP contribution in [0.2, 0.25) is 0 Å². The molecule has 0 amide bonds. The van der Waals surface area contributed by atoms with Gasteiger partial charge in [0.2, 0.25) is 0 Å². The molecule has 0 aliphatic heterocycles. The van der Waals surface area contributed by atoms with Crippen LogP contribution in [-0.2, 0) is 17.8 Å². The van der Waals surface area contributed by atoms with Crippen molar-refractivity contribution in [1.82, 2.24) is 14.9 Å². The van der Waals surface area contributed by atoms with Crippen LogP contribution in [0.25, 0.3) is 0 Å². The van der Waals surface area contributed by atoms with Crippen LogP contribution in [0.15, 0.2) is 12.4 Å². The molecule has 0 aromatic carbocycles. The van der Waals surface area contributed by atoms with Crippen LogP contribution in [-0.4, -0.2) is 32.2 Å². The normalized spacial score (nSPS) is 14.3. The fourth-order valence-corrected chi connectivity index (χ4v) is 2.63. The van der Waals surface area contributed by atoms with E-state index in [-0.39, 0.29) is 6.04 Å². The van der Waals surface area contributed by atoms with Gasteiger partial charge < -0.3 is 9.67 Å². The SMILES string of the molecule is CCCc1nccn1CCCCC(C)(NC(C)C)C(=O)O. The Labute approximate surface area is 127 Å². The summed E-state index contributed by atoms with van der Waals surface area (Å²) >= 11 is 0. The Morgan fingerprint density at radius 3 is 2.76 bits per heavy atom. The highest BCUT2D eigenvalue weighted by Gasteiger charge is 2.32. The third-order valence-electron chi connectivity index (χ3n) is 3.68. The molecule has 5 nitrogen and oxygen atoms in total. The molecule has 1 atom stereocenters. The van der Waals surface area contributed by atoms with E-state index in [0.717, 1.165) is 38.1 Å². The van der Waals surface area contributed by atoms with E-state index >= 15 is 0 Å². The molecule has 0 spiro atoms. The second-order valence-electron chi connectivity index (χ2n) is 6.18. The quantitative estimate of drug-likeness (QED) is 0.651. The third kappa shape index (κ3) is 5.50. The summed E-state index contributed by atoms with van der Waals surface area (Å²) in [5, 5.41) is 12.6. The number of aryl methyl sites for hydroxylation is 2. The van der Waals surface area contributed by atoms with Crippen molar-refractivity contribution in [2.75, 3.05) is 0 Å². The number of rotatable bonds is 10. The van der Waals surface area contributed by atoms with E-state index in [0.29, 0.717) is 6.42 Å². The Kier molecular flexibility index (Phi) is 6.89. The average Bonchev–Trinajstić information content (AvgIpc) is 2.82. The van der Waals surface area contributed by atoms with E-state index in [9.17, 15) is 9.90 Å². The van der Waals surface area contributed by atoms with Gasteiger partial charge in [-0.3, -0.25) is 10.1 Å². The molecule has 1 aromatic heterocycles. The number of nitrogens with zero attached hydrogens (tertiary/aromatic N) is 2. The van der Waals surface area contributed by atoms with E-state index in [1.165, 1.54) is 0 Å². The van der Waals surface area contributed by atoms with Gasteiger partial charge in [0.05, 0.1) is 0 Å². The van der Waals surface area contributed by atoms with Crippen molar-refractivity contribution in [3.63, 3.8) is 0 Å². The van der Waals surface area contributed by atoms with E-state index < -0.39 is 11.5 Å². The lowest BCUT2D eigenvalue weighted by molar-refractivity contribution is -0.144. The Morgan fingerprint density at radius 2 is 2.19 bits per heavy atom. The number of nitrogens with one attached hydrogen (secondary N) is 1. The molecule has 0 fully saturated rings. The van der Waals surface area contributed by atoms with Crippen molar-refractivity contribution in [3.05, 3.63) is 18.2 Å². The predicted octanol–water partition coefficient (Wildman–Crippen LogP) is 2.85. The Balaban J connectivity index is 2.44. The summed E-state index contributed by atoms with van der Waals surface area (Å²) in [5.74, 6) is 0.351. The van der Waals surface area contributed by atoms with Gasteiger partial charge in [-0.2, -0.15) is 0 Å². The zero-order valence-electron chi connectivity index (χ0n) is 13.7. The minimum Gasteiger partial charge on any atom is -0.480 e. The molecule has 21 heavy (non-hydrogen) atoms. The second-order valence-corrected chi connectivity index (χ2v) is 6.18. The van der Waals surface area contributed by atoms with Crippen molar-refractivity contribution < 1.29 is 9.90 Å². The number of hydrogen-bond acceptors (Lipinski definition) is 3. The van der Waals surface area contributed by atoms with Crippen LogP contribution < -0.4 is 5.32 Å². The summed E-state index contributed by atoms with van der Waals surface area (Å²) in [6.07, 6.45) is 8.42. The molecule has 0 radical (unpaired) electrons. The van der Waals surface area contributed by atoms with Gasteiger partial charge in [-0.25, -0.2) is 4.98 Å². The first-order valence-corrected chi connectivity index (χ1v) is 7.90. The fraction of sp³-hybridized carbons (Fsp3) is 0.750. The highest BCUT2D eigenvalue weighted by Crippen LogP contribution is 2.16. The van der Waals surface area contributed by atoms with Gasteiger partial charge in [0.25, 0.3) is 0 Å². The van der Waals surface area contributed by atoms with Crippen molar-refractivity contribution in [3.8, 4) is 0 Å². The van der Waals surface area contributed by atoms with E-state index in [1.807, 2.05) is 26.2 Å². The first-order chi connectivity index (χ1) is 9.89. The number of carbonyl (C=O) groups is 1. The number of hydrogen-bond donors (Lipinski definition) is 2. The van der Waals surface area contributed by atoms with Gasteiger partial charge in [0.1, 0.15) is 11.4 Å².